The van der Waals surface area contributed by atoms with E-state index < -0.39 is 0 Å². The number of halogens is 3. The second kappa shape index (κ2) is 5.92. The van der Waals surface area contributed by atoms with E-state index in [1.165, 1.54) is 0 Å². The first-order valence-electron chi connectivity index (χ1n) is 4.53. The first-order chi connectivity index (χ1) is 6.75. The number of benzene rings is 1. The van der Waals surface area contributed by atoms with Crippen molar-refractivity contribution in [2.45, 2.75) is 6.04 Å². The summed E-state index contributed by atoms with van der Waals surface area (Å²) in [6.45, 7) is 2.32. The van der Waals surface area contributed by atoms with Crippen molar-refractivity contribution in [1.29, 1.82) is 0 Å². The fraction of sp³-hybridized carbons (Fsp3) is 0.400. The van der Waals surface area contributed by atoms with Crippen LogP contribution in [0.25, 0.3) is 0 Å². The lowest BCUT2D eigenvalue weighted by Gasteiger charge is -2.24. The van der Waals surface area contributed by atoms with Gasteiger partial charge in [0, 0.05) is 16.6 Å². The lowest BCUT2D eigenvalue weighted by Crippen LogP contribution is -2.34. The number of hydrogen-bond acceptors (Lipinski definition) is 2. The Hall–Kier alpha value is 0.01000. The van der Waals surface area contributed by atoms with Crippen molar-refractivity contribution >= 4 is 35.6 Å². The second-order valence-corrected chi connectivity index (χ2v) is 4.16. The maximum atomic E-state index is 5.92. The van der Waals surface area contributed by atoms with E-state index in [2.05, 4.69) is 5.32 Å². The molecule has 15 heavy (non-hydrogen) atoms. The molecule has 1 fully saturated rings. The summed E-state index contributed by atoms with van der Waals surface area (Å²) in [5.74, 6) is 0. The van der Waals surface area contributed by atoms with Gasteiger partial charge in [0.1, 0.15) is 0 Å². The third kappa shape index (κ3) is 3.51. The van der Waals surface area contributed by atoms with Gasteiger partial charge in [-0.25, -0.2) is 0 Å². The van der Waals surface area contributed by atoms with Gasteiger partial charge in [0.15, 0.2) is 0 Å². The van der Waals surface area contributed by atoms with Crippen LogP contribution in [-0.2, 0) is 4.74 Å². The van der Waals surface area contributed by atoms with Crippen LogP contribution in [0.1, 0.15) is 11.6 Å². The van der Waals surface area contributed by atoms with E-state index in [1.807, 2.05) is 12.1 Å². The molecule has 1 aliphatic rings. The molecule has 0 amide bonds. The molecular weight excluding hydrogens is 256 g/mol. The van der Waals surface area contributed by atoms with Gasteiger partial charge in [0.2, 0.25) is 0 Å². The fourth-order valence-electron chi connectivity index (χ4n) is 1.56. The van der Waals surface area contributed by atoms with E-state index in [0.29, 0.717) is 16.7 Å². The van der Waals surface area contributed by atoms with Gasteiger partial charge >= 0.3 is 0 Å². The molecule has 0 radical (unpaired) electrons. The molecule has 1 aromatic rings. The molecular formula is C10H12Cl3NO. The zero-order chi connectivity index (χ0) is 9.97. The topological polar surface area (TPSA) is 21.3 Å². The lowest BCUT2D eigenvalue weighted by molar-refractivity contribution is 0.0769. The van der Waals surface area contributed by atoms with E-state index >= 15 is 0 Å². The van der Waals surface area contributed by atoms with Gasteiger partial charge in [0.05, 0.1) is 19.3 Å². The van der Waals surface area contributed by atoms with E-state index in [9.17, 15) is 0 Å². The molecule has 5 heteroatoms. The molecule has 0 aliphatic carbocycles. The summed E-state index contributed by atoms with van der Waals surface area (Å²) in [4.78, 5) is 0. The van der Waals surface area contributed by atoms with Crippen LogP contribution in [0, 0.1) is 0 Å². The molecule has 0 saturated carbocycles. The van der Waals surface area contributed by atoms with E-state index in [1.54, 1.807) is 6.07 Å². The minimum absolute atomic E-state index is 0. The Morgan fingerprint density at radius 2 is 1.87 bits per heavy atom. The molecule has 1 N–H and O–H groups in total. The lowest BCUT2D eigenvalue weighted by atomic mass is 10.1. The monoisotopic (exact) mass is 267 g/mol. The summed E-state index contributed by atoms with van der Waals surface area (Å²) in [7, 11) is 0. The number of hydrogen-bond donors (Lipinski definition) is 1. The van der Waals surface area contributed by atoms with Crippen molar-refractivity contribution in [3.05, 3.63) is 33.8 Å². The van der Waals surface area contributed by atoms with Gasteiger partial charge in [-0.2, -0.15) is 0 Å². The van der Waals surface area contributed by atoms with Gasteiger partial charge in [-0.05, 0) is 23.8 Å². The Bertz CT molecular complexity index is 306. The average molecular weight is 269 g/mol. The maximum Gasteiger partial charge on any atom is 0.0662 e. The number of morpholine rings is 1. The van der Waals surface area contributed by atoms with Gasteiger partial charge in [-0.1, -0.05) is 23.2 Å². The predicted octanol–water partition coefficient (Wildman–Crippen LogP) is 3.08. The number of rotatable bonds is 1. The van der Waals surface area contributed by atoms with Crippen molar-refractivity contribution in [2.75, 3.05) is 19.8 Å². The summed E-state index contributed by atoms with van der Waals surface area (Å²) in [5.41, 5.74) is 1.09. The third-order valence-electron chi connectivity index (χ3n) is 2.21. The van der Waals surface area contributed by atoms with Gasteiger partial charge in [0.25, 0.3) is 0 Å². The van der Waals surface area contributed by atoms with E-state index in [4.69, 9.17) is 27.9 Å². The average Bonchev–Trinajstić information content (AvgIpc) is 2.18. The zero-order valence-electron chi connectivity index (χ0n) is 8.00. The van der Waals surface area contributed by atoms with Crippen molar-refractivity contribution in [1.82, 2.24) is 5.32 Å². The number of ether oxygens (including phenoxy) is 1. The van der Waals surface area contributed by atoms with Crippen molar-refractivity contribution in [2.24, 2.45) is 0 Å². The Balaban J connectivity index is 0.00000112. The third-order valence-corrected chi connectivity index (χ3v) is 2.65. The SMILES string of the molecule is Cl.Clc1cc(Cl)cc([C@H]2COCCN2)c1. The maximum absolute atomic E-state index is 5.92. The highest BCUT2D eigenvalue weighted by atomic mass is 35.5. The smallest absolute Gasteiger partial charge is 0.0662 e. The van der Waals surface area contributed by atoms with Crippen LogP contribution >= 0.6 is 35.6 Å². The molecule has 0 spiro atoms. The summed E-state index contributed by atoms with van der Waals surface area (Å²) >= 11 is 11.8. The van der Waals surface area contributed by atoms with Crippen LogP contribution in [0.2, 0.25) is 10.0 Å². The molecule has 0 aromatic heterocycles. The molecule has 1 heterocycles. The Labute approximate surface area is 105 Å². The zero-order valence-corrected chi connectivity index (χ0v) is 10.3. The molecule has 1 saturated heterocycles. The predicted molar refractivity (Wildman–Crippen MR) is 65.3 cm³/mol. The van der Waals surface area contributed by atoms with Crippen molar-refractivity contribution in [3.8, 4) is 0 Å². The molecule has 2 nitrogen and oxygen atoms in total. The fourth-order valence-corrected chi connectivity index (χ4v) is 2.10. The highest BCUT2D eigenvalue weighted by Crippen LogP contribution is 2.24. The van der Waals surface area contributed by atoms with Gasteiger partial charge in [-0.15, -0.1) is 12.4 Å². The normalized spacial score (nSPS) is 20.8. The second-order valence-electron chi connectivity index (χ2n) is 3.28. The summed E-state index contributed by atoms with van der Waals surface area (Å²) in [6.07, 6.45) is 0. The molecule has 0 unspecified atom stereocenters. The van der Waals surface area contributed by atoms with Gasteiger partial charge in [-0.3, -0.25) is 0 Å². The quantitative estimate of drug-likeness (QED) is 0.845. The molecule has 1 aliphatic heterocycles. The highest BCUT2D eigenvalue weighted by Gasteiger charge is 2.15. The first-order valence-corrected chi connectivity index (χ1v) is 5.28. The van der Waals surface area contributed by atoms with Crippen LogP contribution in [0.3, 0.4) is 0 Å². The molecule has 84 valence electrons. The largest absolute Gasteiger partial charge is 0.378 e. The van der Waals surface area contributed by atoms with Crippen molar-refractivity contribution in [3.63, 3.8) is 0 Å². The summed E-state index contributed by atoms with van der Waals surface area (Å²) in [6, 6.07) is 5.77. The molecule has 1 aromatic carbocycles. The summed E-state index contributed by atoms with van der Waals surface area (Å²) in [5, 5.41) is 4.68. The van der Waals surface area contributed by atoms with E-state index in [0.717, 1.165) is 18.7 Å². The van der Waals surface area contributed by atoms with Crippen LogP contribution in [0.4, 0.5) is 0 Å². The minimum atomic E-state index is 0. The van der Waals surface area contributed by atoms with E-state index in [-0.39, 0.29) is 18.4 Å². The van der Waals surface area contributed by atoms with Crippen molar-refractivity contribution < 1.29 is 4.74 Å². The van der Waals surface area contributed by atoms with Crippen LogP contribution in [0.5, 0.6) is 0 Å². The van der Waals surface area contributed by atoms with Crippen LogP contribution in [0.15, 0.2) is 18.2 Å². The Morgan fingerprint density at radius 1 is 1.20 bits per heavy atom. The molecule has 2 rings (SSSR count). The first kappa shape index (κ1) is 13.1. The number of nitrogens with one attached hydrogen (secondary N) is 1. The molecule has 0 bridgehead atoms. The van der Waals surface area contributed by atoms with Crippen LogP contribution in [-0.4, -0.2) is 19.8 Å². The Morgan fingerprint density at radius 3 is 2.40 bits per heavy atom. The molecule has 1 atom stereocenters. The van der Waals surface area contributed by atoms with Gasteiger partial charge < -0.3 is 10.1 Å². The minimum Gasteiger partial charge on any atom is -0.378 e. The van der Waals surface area contributed by atoms with Crippen LogP contribution < -0.4 is 5.32 Å². The highest BCUT2D eigenvalue weighted by molar-refractivity contribution is 6.34. The standard InChI is InChI=1S/C10H11Cl2NO.ClH/c11-8-3-7(4-9(12)5-8)10-6-14-2-1-13-10;/h3-5,10,13H,1-2,6H2;1H/t10-;/m1./s1. The summed E-state index contributed by atoms with van der Waals surface area (Å²) < 4.78 is 5.37. The Kier molecular flexibility index (Phi) is 5.16.